The van der Waals surface area contributed by atoms with Crippen molar-refractivity contribution in [1.82, 2.24) is 4.31 Å². The van der Waals surface area contributed by atoms with Crippen molar-refractivity contribution in [2.45, 2.75) is 74.0 Å². The van der Waals surface area contributed by atoms with Crippen LogP contribution in [0.3, 0.4) is 0 Å². The summed E-state index contributed by atoms with van der Waals surface area (Å²) < 4.78 is 130. The van der Waals surface area contributed by atoms with Crippen LogP contribution >= 0.6 is 0 Å². The molecule has 0 spiro atoms. The van der Waals surface area contributed by atoms with Crippen molar-refractivity contribution < 1.29 is 61.8 Å². The first kappa shape index (κ1) is 44.9. The summed E-state index contributed by atoms with van der Waals surface area (Å²) in [5.74, 6) is -2.15. The van der Waals surface area contributed by atoms with Crippen molar-refractivity contribution in [2.24, 2.45) is 0 Å². The first-order chi connectivity index (χ1) is 25.7. The predicted octanol–water partition coefficient (Wildman–Crippen LogP) is 3.80. The lowest BCUT2D eigenvalue weighted by Crippen LogP contribution is -2.29. The minimum absolute atomic E-state index is 0.00461. The molecular weight excluding hydrogens is 811 g/mol. The van der Waals surface area contributed by atoms with Gasteiger partial charge in [-0.3, -0.25) is 13.9 Å². The van der Waals surface area contributed by atoms with Gasteiger partial charge in [0.25, 0.3) is 20.2 Å². The Kier molecular flexibility index (Phi) is 13.3. The zero-order valence-corrected chi connectivity index (χ0v) is 34.9. The highest BCUT2D eigenvalue weighted by atomic mass is 32.2. The zero-order valence-electron chi connectivity index (χ0n) is 31.6. The molecule has 0 aromatic heterocycles. The molecule has 0 amide bonds. The SMILES string of the molecule is CN(CCCC(=O)O)S(=O)(=O)c1ccc2c(c1)C(C)(C)C(/C=C/C=C/C=C1/N(CCCS(=O)(=O)O)c3ccc(S(=O)(=O)O)cc3C1(C)C)=[N+]2CCCS(=O)(=O)[O-]. The fourth-order valence-electron chi connectivity index (χ4n) is 7.03. The number of carboxylic acid groups (broad SMARTS) is 1. The van der Waals surface area contributed by atoms with E-state index in [0.29, 0.717) is 33.9 Å². The Morgan fingerprint density at radius 1 is 0.839 bits per heavy atom. The molecule has 0 bridgehead atoms. The highest BCUT2D eigenvalue weighted by Gasteiger charge is 2.45. The molecule has 2 aromatic carbocycles. The monoisotopic (exact) mass is 857 g/mol. The number of nitrogens with zero attached hydrogens (tertiary/aromatic N) is 3. The van der Waals surface area contributed by atoms with Gasteiger partial charge in [0.1, 0.15) is 6.54 Å². The molecule has 2 heterocycles. The van der Waals surface area contributed by atoms with Gasteiger partial charge < -0.3 is 14.6 Å². The van der Waals surface area contributed by atoms with Gasteiger partial charge in [-0.2, -0.15) is 21.4 Å². The number of hydrogen-bond donors (Lipinski definition) is 3. The van der Waals surface area contributed by atoms with E-state index in [-0.39, 0.29) is 55.1 Å². The van der Waals surface area contributed by atoms with E-state index < -0.39 is 68.7 Å². The maximum absolute atomic E-state index is 13.5. The average molecular weight is 858 g/mol. The van der Waals surface area contributed by atoms with Crippen LogP contribution in [0.25, 0.3) is 0 Å². The number of sulfonamides is 1. The minimum atomic E-state index is -4.52. The number of benzene rings is 2. The molecule has 0 saturated heterocycles. The minimum Gasteiger partial charge on any atom is -0.748 e. The standard InChI is InChI=1S/C36H47N3O13S4/c1-35(2)28-24-26(55(48,49)37(5)19-9-14-34(40)41)15-17-30(28)38(20-10-22-53(42,43)44)32(35)12-7-6-8-13-33-36(3,4)29-25-27(56(50,51)52)16-18-31(29)39(33)21-11-23-54(45,46)47/h6-8,12-13,15-18,24-25H,9-11,14,19-23H2,1-5H3,(H3-,40,41,42,43,44,45,46,47,50,51,52). The fourth-order valence-corrected chi connectivity index (χ4v) is 9.75. The number of fused-ring (bicyclic) bond motifs is 2. The van der Waals surface area contributed by atoms with Gasteiger partial charge in [0, 0.05) is 73.2 Å². The molecule has 2 aliphatic rings. The van der Waals surface area contributed by atoms with Gasteiger partial charge in [0.15, 0.2) is 5.71 Å². The Bertz CT molecular complexity index is 2450. The van der Waals surface area contributed by atoms with Gasteiger partial charge in [-0.25, -0.2) is 21.1 Å². The van der Waals surface area contributed by atoms with E-state index in [2.05, 4.69) is 0 Å². The molecule has 3 N–H and O–H groups in total. The first-order valence-corrected chi connectivity index (χ1v) is 23.6. The fraction of sp³-hybridized carbons (Fsp3) is 0.444. The van der Waals surface area contributed by atoms with Gasteiger partial charge in [-0.1, -0.05) is 32.1 Å². The molecule has 0 unspecified atom stereocenters. The van der Waals surface area contributed by atoms with E-state index >= 15 is 0 Å². The number of rotatable bonds is 18. The smallest absolute Gasteiger partial charge is 0.303 e. The quantitative estimate of drug-likeness (QED) is 0.110. The summed E-state index contributed by atoms with van der Waals surface area (Å²) in [6, 6.07) is 8.72. The van der Waals surface area contributed by atoms with Gasteiger partial charge in [-0.15, -0.1) is 0 Å². The highest BCUT2D eigenvalue weighted by molar-refractivity contribution is 7.89. The van der Waals surface area contributed by atoms with Crippen molar-refractivity contribution in [2.75, 3.05) is 43.1 Å². The van der Waals surface area contributed by atoms with E-state index in [0.717, 1.165) is 4.31 Å². The predicted molar refractivity (Wildman–Crippen MR) is 209 cm³/mol. The summed E-state index contributed by atoms with van der Waals surface area (Å²) in [4.78, 5) is 12.5. The maximum atomic E-state index is 13.5. The molecule has 308 valence electrons. The van der Waals surface area contributed by atoms with Crippen molar-refractivity contribution in [3.05, 3.63) is 83.6 Å². The third-order valence-corrected chi connectivity index (χ3v) is 14.2. The van der Waals surface area contributed by atoms with Gasteiger partial charge in [-0.05, 0) is 68.7 Å². The summed E-state index contributed by atoms with van der Waals surface area (Å²) in [6.07, 6.45) is 8.67. The van der Waals surface area contributed by atoms with E-state index in [1.807, 2.05) is 37.2 Å². The van der Waals surface area contributed by atoms with Crippen LogP contribution in [-0.2, 0) is 56.0 Å². The zero-order chi connectivity index (χ0) is 42.1. The molecule has 4 rings (SSSR count). The number of allylic oxidation sites excluding steroid dienone is 6. The molecule has 20 heteroatoms. The summed E-state index contributed by atoms with van der Waals surface area (Å²) in [5, 5.41) is 8.97. The number of carbonyl (C=O) groups is 1. The molecule has 0 aliphatic carbocycles. The van der Waals surface area contributed by atoms with E-state index in [1.54, 1.807) is 42.5 Å². The summed E-state index contributed by atoms with van der Waals surface area (Å²) in [6.45, 7) is 7.71. The van der Waals surface area contributed by atoms with E-state index in [1.165, 1.54) is 31.3 Å². The normalized spacial score (nSPS) is 17.8. The molecule has 16 nitrogen and oxygen atoms in total. The molecular formula is C36H47N3O13S4. The van der Waals surface area contributed by atoms with Crippen molar-refractivity contribution in [3.63, 3.8) is 0 Å². The third kappa shape index (κ3) is 10.4. The number of aliphatic carboxylic acids is 1. The molecule has 2 aliphatic heterocycles. The Morgan fingerprint density at radius 2 is 1.48 bits per heavy atom. The Labute approximate surface area is 328 Å². The second-order valence-electron chi connectivity index (χ2n) is 14.6. The Hall–Kier alpha value is -3.76. The van der Waals surface area contributed by atoms with Crippen molar-refractivity contribution in [3.8, 4) is 0 Å². The lowest BCUT2D eigenvalue weighted by molar-refractivity contribution is -0.437. The van der Waals surface area contributed by atoms with Crippen LogP contribution in [0.2, 0.25) is 0 Å². The molecule has 56 heavy (non-hydrogen) atoms. The van der Waals surface area contributed by atoms with Crippen LogP contribution in [0, 0.1) is 0 Å². The largest absolute Gasteiger partial charge is 0.748 e. The van der Waals surface area contributed by atoms with Crippen LogP contribution in [0.1, 0.15) is 64.5 Å². The number of hydrogen-bond acceptors (Lipinski definition) is 11. The van der Waals surface area contributed by atoms with Crippen molar-refractivity contribution >= 4 is 63.4 Å². The topological polar surface area (TPSA) is 247 Å². The third-order valence-electron chi connectivity index (χ3n) is 9.89. The van der Waals surface area contributed by atoms with E-state index in [4.69, 9.17) is 5.11 Å². The average Bonchev–Trinajstić information content (AvgIpc) is 3.40. The van der Waals surface area contributed by atoms with Crippen LogP contribution in [0.4, 0.5) is 11.4 Å². The molecule has 2 aromatic rings. The van der Waals surface area contributed by atoms with Gasteiger partial charge in [0.05, 0.1) is 31.1 Å². The highest BCUT2D eigenvalue weighted by Crippen LogP contribution is 2.48. The Balaban J connectivity index is 1.70. The van der Waals surface area contributed by atoms with E-state index in [9.17, 15) is 52.1 Å². The molecule has 0 saturated carbocycles. The number of carboxylic acids is 1. The Morgan fingerprint density at radius 3 is 2.09 bits per heavy atom. The van der Waals surface area contributed by atoms with Crippen molar-refractivity contribution in [1.29, 1.82) is 0 Å². The maximum Gasteiger partial charge on any atom is 0.303 e. The van der Waals surface area contributed by atoms with Crippen LogP contribution in [0.5, 0.6) is 0 Å². The summed E-state index contributed by atoms with van der Waals surface area (Å²) in [5.41, 5.74) is 2.13. The molecule has 0 atom stereocenters. The second-order valence-corrected chi connectivity index (χ2v) is 21.2. The van der Waals surface area contributed by atoms with Crippen LogP contribution in [0.15, 0.2) is 82.3 Å². The number of anilines is 1. The lowest BCUT2D eigenvalue weighted by atomic mass is 9.81. The van der Waals surface area contributed by atoms with Crippen LogP contribution in [-0.4, -0.2) is 111 Å². The molecule has 0 fully saturated rings. The van der Waals surface area contributed by atoms with Gasteiger partial charge in [0.2, 0.25) is 15.7 Å². The summed E-state index contributed by atoms with van der Waals surface area (Å²) in [7, 11) is -15.9. The van der Waals surface area contributed by atoms with Gasteiger partial charge >= 0.3 is 5.97 Å². The first-order valence-electron chi connectivity index (χ1n) is 17.5. The second kappa shape index (κ2) is 16.6. The molecule has 0 radical (unpaired) electrons. The summed E-state index contributed by atoms with van der Waals surface area (Å²) >= 11 is 0. The lowest BCUT2D eigenvalue weighted by Gasteiger charge is -2.27. The van der Waals surface area contributed by atoms with Crippen LogP contribution < -0.4 is 4.90 Å².